The third kappa shape index (κ3) is 2.42. The largest absolute Gasteiger partial charge is 0.207 e. The number of halogens is 2. The van der Waals surface area contributed by atoms with Crippen LogP contribution in [0.3, 0.4) is 0 Å². The molecule has 2 aromatic rings. The van der Waals surface area contributed by atoms with Crippen molar-refractivity contribution in [3.63, 3.8) is 0 Å². The highest BCUT2D eigenvalue weighted by molar-refractivity contribution is 6.35. The summed E-state index contributed by atoms with van der Waals surface area (Å²) in [6, 6.07) is 2.68. The van der Waals surface area contributed by atoms with Crippen molar-refractivity contribution in [3.8, 4) is 0 Å². The number of rotatable bonds is 0. The molecule has 0 N–H and O–H groups in total. The predicted octanol–water partition coefficient (Wildman–Crippen LogP) is 3.76. The lowest BCUT2D eigenvalue weighted by molar-refractivity contribution is 0.629. The van der Waals surface area contributed by atoms with Crippen molar-refractivity contribution in [2.24, 2.45) is 0 Å². The van der Waals surface area contributed by atoms with Gasteiger partial charge in [0.05, 0.1) is 16.9 Å². The van der Waals surface area contributed by atoms with Gasteiger partial charge in [0.15, 0.2) is 0 Å². The van der Waals surface area contributed by atoms with Gasteiger partial charge in [-0.2, -0.15) is 10.2 Å². The maximum Gasteiger partial charge on any atom is 0.125 e. The minimum Gasteiger partial charge on any atom is -0.207 e. The van der Waals surface area contributed by atoms with E-state index < -0.39 is 0 Å². The number of hydrogen-bond acceptors (Lipinski definition) is 2. The zero-order valence-corrected chi connectivity index (χ0v) is 9.64. The Morgan fingerprint density at radius 1 is 1.20 bits per heavy atom. The molecule has 1 aromatic carbocycles. The van der Waals surface area contributed by atoms with Gasteiger partial charge in [0.25, 0.3) is 0 Å². The summed E-state index contributed by atoms with van der Waals surface area (Å²) in [5, 5.41) is 9.37. The minimum atomic E-state index is -0.353. The molecule has 0 atom stereocenters. The molecule has 0 bridgehead atoms. The van der Waals surface area contributed by atoms with E-state index in [1.165, 1.54) is 18.3 Å². The van der Waals surface area contributed by atoms with E-state index in [1.54, 1.807) is 6.92 Å². The van der Waals surface area contributed by atoms with Crippen LogP contribution in [0.15, 0.2) is 18.3 Å². The van der Waals surface area contributed by atoms with Gasteiger partial charge in [-0.15, -0.1) is 0 Å². The molecular weight excluding hydrogens is 215 g/mol. The quantitative estimate of drug-likeness (QED) is 0.684. The van der Waals surface area contributed by atoms with E-state index in [0.29, 0.717) is 16.1 Å². The first-order chi connectivity index (χ1) is 7.18. The van der Waals surface area contributed by atoms with Gasteiger partial charge in [-0.05, 0) is 19.1 Å². The monoisotopic (exact) mass is 226 g/mol. The molecule has 0 radical (unpaired) electrons. The topological polar surface area (TPSA) is 25.8 Å². The maximum atomic E-state index is 12.9. The van der Waals surface area contributed by atoms with Crippen LogP contribution in [0.4, 0.5) is 4.39 Å². The van der Waals surface area contributed by atoms with Crippen LogP contribution in [-0.4, -0.2) is 10.2 Å². The molecule has 1 aromatic heterocycles. The van der Waals surface area contributed by atoms with E-state index in [-0.39, 0.29) is 5.82 Å². The second-order valence-electron chi connectivity index (χ2n) is 2.78. The summed E-state index contributed by atoms with van der Waals surface area (Å²) >= 11 is 5.83. The maximum absolute atomic E-state index is 12.9. The summed E-state index contributed by atoms with van der Waals surface area (Å²) in [7, 11) is 0. The van der Waals surface area contributed by atoms with E-state index in [0.717, 1.165) is 5.39 Å². The Kier molecular flexibility index (Phi) is 3.97. The fourth-order valence-corrected chi connectivity index (χ4v) is 1.50. The Hall–Kier alpha value is -1.22. The lowest BCUT2D eigenvalue weighted by Gasteiger charge is -2.01. The number of benzene rings is 1. The lowest BCUT2D eigenvalue weighted by Crippen LogP contribution is -1.89. The van der Waals surface area contributed by atoms with Crippen LogP contribution in [0.5, 0.6) is 0 Å². The molecule has 0 saturated carbocycles. The van der Waals surface area contributed by atoms with E-state index >= 15 is 0 Å². The number of fused-ring (bicyclic) bond motifs is 1. The van der Waals surface area contributed by atoms with Crippen molar-refractivity contribution >= 4 is 22.4 Å². The summed E-state index contributed by atoms with van der Waals surface area (Å²) in [6.45, 7) is 5.77. The molecule has 0 aliphatic heterocycles. The molecular formula is C11H12ClFN2. The molecule has 0 aliphatic carbocycles. The molecule has 0 saturated heterocycles. The molecule has 1 heterocycles. The zero-order chi connectivity index (χ0) is 11.4. The summed E-state index contributed by atoms with van der Waals surface area (Å²) < 4.78 is 12.9. The van der Waals surface area contributed by atoms with Gasteiger partial charge in [-0.25, -0.2) is 4.39 Å². The molecule has 0 unspecified atom stereocenters. The molecule has 4 heteroatoms. The molecule has 15 heavy (non-hydrogen) atoms. The van der Waals surface area contributed by atoms with Crippen LogP contribution in [0.25, 0.3) is 10.8 Å². The van der Waals surface area contributed by atoms with E-state index in [4.69, 9.17) is 11.6 Å². The molecule has 2 rings (SSSR count). The van der Waals surface area contributed by atoms with Gasteiger partial charge in [0, 0.05) is 10.8 Å². The fourth-order valence-electron chi connectivity index (χ4n) is 1.24. The van der Waals surface area contributed by atoms with E-state index in [2.05, 4.69) is 10.2 Å². The molecule has 2 nitrogen and oxygen atoms in total. The second-order valence-corrected chi connectivity index (χ2v) is 3.19. The van der Waals surface area contributed by atoms with Crippen LogP contribution in [0, 0.1) is 12.7 Å². The SMILES string of the molecule is CC.Cc1nncc2c(Cl)cc(F)cc12. The van der Waals surface area contributed by atoms with Gasteiger partial charge < -0.3 is 0 Å². The number of aromatic nitrogens is 2. The van der Waals surface area contributed by atoms with Gasteiger partial charge in [0.2, 0.25) is 0 Å². The highest BCUT2D eigenvalue weighted by Gasteiger charge is 2.05. The van der Waals surface area contributed by atoms with Crippen LogP contribution in [0.2, 0.25) is 5.02 Å². The summed E-state index contributed by atoms with van der Waals surface area (Å²) in [4.78, 5) is 0. The van der Waals surface area contributed by atoms with Crippen LogP contribution in [-0.2, 0) is 0 Å². The van der Waals surface area contributed by atoms with Gasteiger partial charge in [-0.3, -0.25) is 0 Å². The molecule has 0 fully saturated rings. The highest BCUT2D eigenvalue weighted by atomic mass is 35.5. The number of nitrogens with zero attached hydrogens (tertiary/aromatic N) is 2. The number of hydrogen-bond donors (Lipinski definition) is 0. The second kappa shape index (κ2) is 5.03. The Morgan fingerprint density at radius 2 is 1.87 bits per heavy atom. The Balaban J connectivity index is 0.000000531. The van der Waals surface area contributed by atoms with Gasteiger partial charge >= 0.3 is 0 Å². The smallest absolute Gasteiger partial charge is 0.125 e. The highest BCUT2D eigenvalue weighted by Crippen LogP contribution is 2.24. The van der Waals surface area contributed by atoms with Crippen LogP contribution in [0.1, 0.15) is 19.5 Å². The molecule has 0 aliphatic rings. The molecule has 0 spiro atoms. The third-order valence-corrected chi connectivity index (χ3v) is 2.19. The Labute approximate surface area is 93.1 Å². The van der Waals surface area contributed by atoms with Crippen LogP contribution >= 0.6 is 11.6 Å². The summed E-state index contributed by atoms with van der Waals surface area (Å²) in [5.41, 5.74) is 0.680. The first kappa shape index (κ1) is 11.9. The van der Waals surface area contributed by atoms with Crippen molar-refractivity contribution in [3.05, 3.63) is 34.9 Å². The standard InChI is InChI=1S/C9H6ClFN2.C2H6/c1-5-7-2-6(11)3-9(10)8(7)4-12-13-5;1-2/h2-4H,1H3;1-2H3. The van der Waals surface area contributed by atoms with Crippen molar-refractivity contribution in [2.75, 3.05) is 0 Å². The molecule has 0 amide bonds. The normalized spacial score (nSPS) is 9.67. The minimum absolute atomic E-state index is 0.353. The summed E-state index contributed by atoms with van der Waals surface area (Å²) in [6.07, 6.45) is 1.53. The first-order valence-electron chi connectivity index (χ1n) is 4.75. The van der Waals surface area contributed by atoms with Crippen molar-refractivity contribution in [1.82, 2.24) is 10.2 Å². The number of aryl methyl sites for hydroxylation is 1. The Bertz CT molecular complexity index is 471. The molecule has 80 valence electrons. The predicted molar refractivity (Wildman–Crippen MR) is 60.6 cm³/mol. The summed E-state index contributed by atoms with van der Waals surface area (Å²) in [5.74, 6) is -0.353. The van der Waals surface area contributed by atoms with Crippen molar-refractivity contribution in [2.45, 2.75) is 20.8 Å². The van der Waals surface area contributed by atoms with E-state index in [9.17, 15) is 4.39 Å². The van der Waals surface area contributed by atoms with Crippen molar-refractivity contribution < 1.29 is 4.39 Å². The van der Waals surface area contributed by atoms with Gasteiger partial charge in [-0.1, -0.05) is 25.4 Å². The van der Waals surface area contributed by atoms with Crippen LogP contribution < -0.4 is 0 Å². The average Bonchev–Trinajstić information content (AvgIpc) is 2.23. The van der Waals surface area contributed by atoms with E-state index in [1.807, 2.05) is 13.8 Å². The Morgan fingerprint density at radius 3 is 2.53 bits per heavy atom. The lowest BCUT2D eigenvalue weighted by atomic mass is 10.1. The average molecular weight is 227 g/mol. The first-order valence-corrected chi connectivity index (χ1v) is 5.13. The van der Waals surface area contributed by atoms with Gasteiger partial charge in [0.1, 0.15) is 5.82 Å². The third-order valence-electron chi connectivity index (χ3n) is 1.88. The van der Waals surface area contributed by atoms with Crippen molar-refractivity contribution in [1.29, 1.82) is 0 Å². The fraction of sp³-hybridized carbons (Fsp3) is 0.273. The zero-order valence-electron chi connectivity index (χ0n) is 8.88.